The molecule has 1 unspecified atom stereocenters. The van der Waals surface area contributed by atoms with Crippen molar-refractivity contribution in [3.05, 3.63) is 68.7 Å². The summed E-state index contributed by atoms with van der Waals surface area (Å²) in [6.07, 6.45) is 0. The fourth-order valence-electron chi connectivity index (χ4n) is 2.11. The number of nitrogens with one attached hydrogen (secondary N) is 1. The van der Waals surface area contributed by atoms with Crippen molar-refractivity contribution < 1.29 is 4.92 Å². The van der Waals surface area contributed by atoms with Gasteiger partial charge in [-0.15, -0.1) is 0 Å². The zero-order chi connectivity index (χ0) is 14.7. The van der Waals surface area contributed by atoms with Gasteiger partial charge in [0.1, 0.15) is 5.69 Å². The molecule has 0 radical (unpaired) electrons. The van der Waals surface area contributed by atoms with Crippen LogP contribution < -0.4 is 5.32 Å². The van der Waals surface area contributed by atoms with Gasteiger partial charge in [0.25, 0.3) is 5.69 Å². The van der Waals surface area contributed by atoms with Crippen LogP contribution in [0.5, 0.6) is 0 Å². The van der Waals surface area contributed by atoms with E-state index in [1.807, 2.05) is 25.1 Å². The number of hydrogen-bond donors (Lipinski definition) is 1. The minimum Gasteiger partial charge on any atom is -0.373 e. The molecule has 0 amide bonds. The Labute approximate surface area is 122 Å². The maximum Gasteiger partial charge on any atom is 0.295 e. The Morgan fingerprint density at radius 3 is 2.60 bits per heavy atom. The molecule has 2 aromatic carbocycles. The highest BCUT2D eigenvalue weighted by Crippen LogP contribution is 2.31. The number of nitro groups is 1. The van der Waals surface area contributed by atoms with Crippen LogP contribution >= 0.6 is 11.6 Å². The van der Waals surface area contributed by atoms with Gasteiger partial charge >= 0.3 is 0 Å². The van der Waals surface area contributed by atoms with Crippen molar-refractivity contribution in [2.45, 2.75) is 19.9 Å². The average Bonchev–Trinajstić information content (AvgIpc) is 2.38. The quantitative estimate of drug-likeness (QED) is 0.654. The van der Waals surface area contributed by atoms with E-state index in [4.69, 9.17) is 11.6 Å². The van der Waals surface area contributed by atoms with Crippen molar-refractivity contribution in [3.8, 4) is 0 Å². The van der Waals surface area contributed by atoms with Crippen molar-refractivity contribution >= 4 is 23.0 Å². The van der Waals surface area contributed by atoms with Gasteiger partial charge in [-0.2, -0.15) is 0 Å². The first-order chi connectivity index (χ1) is 9.49. The summed E-state index contributed by atoms with van der Waals surface area (Å²) in [6, 6.07) is 12.6. The number of para-hydroxylation sites is 1. The van der Waals surface area contributed by atoms with E-state index < -0.39 is 0 Å². The first kappa shape index (κ1) is 14.3. The molecule has 2 rings (SSSR count). The summed E-state index contributed by atoms with van der Waals surface area (Å²) in [5, 5.41) is 15.0. The highest BCUT2D eigenvalue weighted by Gasteiger charge is 2.18. The molecule has 0 spiro atoms. The van der Waals surface area contributed by atoms with Gasteiger partial charge in [-0.25, -0.2) is 0 Å². The van der Waals surface area contributed by atoms with Crippen LogP contribution in [0.1, 0.15) is 24.1 Å². The standard InChI is InChI=1S/C15H15ClN2O2/c1-10-5-3-8-14(15(10)18(19)20)17-11(2)12-6-4-7-13(16)9-12/h3-9,11,17H,1-2H3. The lowest BCUT2D eigenvalue weighted by molar-refractivity contribution is -0.384. The number of rotatable bonds is 4. The molecule has 1 atom stereocenters. The molecule has 2 aromatic rings. The van der Waals surface area contributed by atoms with Gasteiger partial charge in [-0.3, -0.25) is 10.1 Å². The van der Waals surface area contributed by atoms with E-state index in [0.717, 1.165) is 5.56 Å². The maximum atomic E-state index is 11.2. The van der Waals surface area contributed by atoms with Crippen LogP contribution in [0.2, 0.25) is 5.02 Å². The lowest BCUT2D eigenvalue weighted by Crippen LogP contribution is -2.09. The molecule has 0 saturated heterocycles. The Morgan fingerprint density at radius 1 is 1.25 bits per heavy atom. The van der Waals surface area contributed by atoms with Gasteiger partial charge in [-0.1, -0.05) is 35.9 Å². The maximum absolute atomic E-state index is 11.2. The van der Waals surface area contributed by atoms with Crippen LogP contribution in [0.25, 0.3) is 0 Å². The number of anilines is 1. The van der Waals surface area contributed by atoms with E-state index in [0.29, 0.717) is 16.3 Å². The van der Waals surface area contributed by atoms with E-state index in [1.54, 1.807) is 31.2 Å². The third kappa shape index (κ3) is 3.08. The molecular formula is C15H15ClN2O2. The molecule has 0 fully saturated rings. The Balaban J connectivity index is 2.30. The summed E-state index contributed by atoms with van der Waals surface area (Å²) in [5.74, 6) is 0. The summed E-state index contributed by atoms with van der Waals surface area (Å²) in [5.41, 5.74) is 2.25. The number of nitrogens with zero attached hydrogens (tertiary/aromatic N) is 1. The number of halogens is 1. The van der Waals surface area contributed by atoms with E-state index in [-0.39, 0.29) is 16.7 Å². The molecule has 0 saturated carbocycles. The van der Waals surface area contributed by atoms with Crippen LogP contribution in [0.15, 0.2) is 42.5 Å². The molecule has 0 aliphatic heterocycles. The molecule has 5 heteroatoms. The van der Waals surface area contributed by atoms with E-state index in [9.17, 15) is 10.1 Å². The number of benzene rings is 2. The van der Waals surface area contributed by atoms with E-state index >= 15 is 0 Å². The molecule has 0 aliphatic carbocycles. The second-order valence-corrected chi connectivity index (χ2v) is 5.09. The first-order valence-corrected chi connectivity index (χ1v) is 6.63. The summed E-state index contributed by atoms with van der Waals surface area (Å²) in [7, 11) is 0. The van der Waals surface area contributed by atoms with Gasteiger partial charge in [0.2, 0.25) is 0 Å². The summed E-state index contributed by atoms with van der Waals surface area (Å²) < 4.78 is 0. The second kappa shape index (κ2) is 5.92. The largest absolute Gasteiger partial charge is 0.373 e. The predicted octanol–water partition coefficient (Wildman–Crippen LogP) is 4.73. The molecule has 0 bridgehead atoms. The van der Waals surface area contributed by atoms with E-state index in [2.05, 4.69) is 5.32 Å². The van der Waals surface area contributed by atoms with Crippen molar-refractivity contribution in [1.29, 1.82) is 0 Å². The van der Waals surface area contributed by atoms with Crippen LogP contribution in [0.4, 0.5) is 11.4 Å². The number of aryl methyl sites for hydroxylation is 1. The molecule has 0 aliphatic rings. The summed E-state index contributed by atoms with van der Waals surface area (Å²) in [4.78, 5) is 10.8. The summed E-state index contributed by atoms with van der Waals surface area (Å²) in [6.45, 7) is 3.67. The number of hydrogen-bond acceptors (Lipinski definition) is 3. The minimum atomic E-state index is -0.359. The molecule has 0 heterocycles. The van der Waals surface area contributed by atoms with Crippen LogP contribution in [-0.2, 0) is 0 Å². The monoisotopic (exact) mass is 290 g/mol. The SMILES string of the molecule is Cc1cccc(NC(C)c2cccc(Cl)c2)c1[N+](=O)[O-]. The van der Waals surface area contributed by atoms with Crippen LogP contribution in [0.3, 0.4) is 0 Å². The normalized spacial score (nSPS) is 11.9. The van der Waals surface area contributed by atoms with Crippen LogP contribution in [0, 0.1) is 17.0 Å². The van der Waals surface area contributed by atoms with Gasteiger partial charge in [0, 0.05) is 16.6 Å². The Kier molecular flexibility index (Phi) is 4.25. The smallest absolute Gasteiger partial charge is 0.295 e. The molecule has 0 aromatic heterocycles. The Morgan fingerprint density at radius 2 is 1.95 bits per heavy atom. The van der Waals surface area contributed by atoms with Gasteiger partial charge in [0.05, 0.1) is 4.92 Å². The van der Waals surface area contributed by atoms with E-state index in [1.165, 1.54) is 0 Å². The Hall–Kier alpha value is -2.07. The highest BCUT2D eigenvalue weighted by molar-refractivity contribution is 6.30. The van der Waals surface area contributed by atoms with Gasteiger partial charge in [0.15, 0.2) is 0 Å². The zero-order valence-electron chi connectivity index (χ0n) is 11.3. The first-order valence-electron chi connectivity index (χ1n) is 6.25. The fraction of sp³-hybridized carbons (Fsp3) is 0.200. The topological polar surface area (TPSA) is 55.2 Å². The Bertz CT molecular complexity index is 644. The predicted molar refractivity (Wildman–Crippen MR) is 81.3 cm³/mol. The van der Waals surface area contributed by atoms with Crippen molar-refractivity contribution in [3.63, 3.8) is 0 Å². The zero-order valence-corrected chi connectivity index (χ0v) is 12.0. The van der Waals surface area contributed by atoms with Gasteiger partial charge < -0.3 is 5.32 Å². The highest BCUT2D eigenvalue weighted by atomic mass is 35.5. The number of nitro benzene ring substituents is 1. The molecular weight excluding hydrogens is 276 g/mol. The average molecular weight is 291 g/mol. The molecule has 104 valence electrons. The minimum absolute atomic E-state index is 0.0748. The lowest BCUT2D eigenvalue weighted by atomic mass is 10.1. The summed E-state index contributed by atoms with van der Waals surface area (Å²) >= 11 is 5.96. The molecule has 1 N–H and O–H groups in total. The molecule has 4 nitrogen and oxygen atoms in total. The van der Waals surface area contributed by atoms with Crippen molar-refractivity contribution in [2.75, 3.05) is 5.32 Å². The van der Waals surface area contributed by atoms with Gasteiger partial charge in [-0.05, 0) is 37.6 Å². The fourth-order valence-corrected chi connectivity index (χ4v) is 2.31. The van der Waals surface area contributed by atoms with Crippen molar-refractivity contribution in [2.24, 2.45) is 0 Å². The third-order valence-electron chi connectivity index (χ3n) is 3.14. The van der Waals surface area contributed by atoms with Crippen molar-refractivity contribution in [1.82, 2.24) is 0 Å². The van der Waals surface area contributed by atoms with Crippen LogP contribution in [-0.4, -0.2) is 4.92 Å². The molecule has 20 heavy (non-hydrogen) atoms. The lowest BCUT2D eigenvalue weighted by Gasteiger charge is -2.16. The second-order valence-electron chi connectivity index (χ2n) is 4.65. The third-order valence-corrected chi connectivity index (χ3v) is 3.38.